The highest BCUT2D eigenvalue weighted by Crippen LogP contribution is 2.26. The van der Waals surface area contributed by atoms with Gasteiger partial charge in [0, 0.05) is 22.5 Å². The Balaban J connectivity index is 2.51. The Morgan fingerprint density at radius 3 is 2.80 bits per heavy atom. The van der Waals surface area contributed by atoms with Crippen molar-refractivity contribution in [3.63, 3.8) is 0 Å². The third-order valence-electron chi connectivity index (χ3n) is 3.15. The first-order chi connectivity index (χ1) is 9.74. The number of carbonyl (C=O) groups excluding carboxylic acids is 2. The molecule has 0 unspecified atom stereocenters. The number of aromatic nitrogens is 2. The Morgan fingerprint density at radius 1 is 1.20 bits per heavy atom. The first-order valence-corrected chi connectivity index (χ1v) is 6.05. The number of aldehydes is 1. The van der Waals surface area contributed by atoms with Crippen molar-refractivity contribution in [3.05, 3.63) is 54.4 Å². The van der Waals surface area contributed by atoms with Gasteiger partial charge in [-0.25, -0.2) is 4.98 Å². The lowest BCUT2D eigenvalue weighted by Gasteiger charge is -2.07. The number of Topliss-reactive ketones (excluding diaryl/α,β-unsaturated/α-hetero) is 1. The molecule has 1 aromatic carbocycles. The van der Waals surface area contributed by atoms with Crippen LogP contribution in [0.2, 0.25) is 0 Å². The fourth-order valence-electron chi connectivity index (χ4n) is 2.22. The van der Waals surface area contributed by atoms with Crippen LogP contribution < -0.4 is 0 Å². The normalized spacial score (nSPS) is 10.6. The van der Waals surface area contributed by atoms with E-state index in [4.69, 9.17) is 0 Å². The molecule has 0 saturated carbocycles. The van der Waals surface area contributed by atoms with Crippen molar-refractivity contribution in [1.82, 2.24) is 9.97 Å². The van der Waals surface area contributed by atoms with Crippen LogP contribution in [0.1, 0.15) is 16.1 Å². The number of nitrogens with zero attached hydrogens (tertiary/aromatic N) is 2. The number of hydrogen-bond donors (Lipinski definition) is 0. The molecule has 0 atom stereocenters. The van der Waals surface area contributed by atoms with Crippen LogP contribution >= 0.6 is 0 Å². The highest BCUT2D eigenvalue weighted by Gasteiger charge is 2.13. The molecule has 2 heterocycles. The second-order valence-electron chi connectivity index (χ2n) is 4.32. The van der Waals surface area contributed by atoms with E-state index in [0.717, 1.165) is 11.1 Å². The summed E-state index contributed by atoms with van der Waals surface area (Å²) in [7, 11) is 0. The van der Waals surface area contributed by atoms with Gasteiger partial charge in [0.05, 0.1) is 16.7 Å². The van der Waals surface area contributed by atoms with E-state index in [2.05, 4.69) is 16.5 Å². The van der Waals surface area contributed by atoms with Gasteiger partial charge in [-0.15, -0.1) is 0 Å². The van der Waals surface area contributed by atoms with Gasteiger partial charge in [-0.1, -0.05) is 18.7 Å². The van der Waals surface area contributed by atoms with Crippen LogP contribution in [0, 0.1) is 0 Å². The largest absolute Gasteiger partial charge is 0.294 e. The summed E-state index contributed by atoms with van der Waals surface area (Å²) in [5, 5.41) is 1.40. The zero-order chi connectivity index (χ0) is 14.1. The van der Waals surface area contributed by atoms with Crippen molar-refractivity contribution < 1.29 is 9.59 Å². The molecule has 0 bridgehead atoms. The highest BCUT2D eigenvalue weighted by molar-refractivity contribution is 6.37. The van der Waals surface area contributed by atoms with Crippen molar-refractivity contribution >= 4 is 40.0 Å². The minimum absolute atomic E-state index is 0.319. The summed E-state index contributed by atoms with van der Waals surface area (Å²) >= 11 is 0. The topological polar surface area (TPSA) is 59.9 Å². The summed E-state index contributed by atoms with van der Waals surface area (Å²) in [5.41, 5.74) is 2.39. The van der Waals surface area contributed by atoms with E-state index >= 15 is 0 Å². The van der Waals surface area contributed by atoms with E-state index in [9.17, 15) is 9.59 Å². The van der Waals surface area contributed by atoms with Crippen molar-refractivity contribution in [2.75, 3.05) is 0 Å². The predicted octanol–water partition coefficient (Wildman–Crippen LogP) is 2.81. The van der Waals surface area contributed by atoms with Crippen LogP contribution in [0.5, 0.6) is 0 Å². The Kier molecular flexibility index (Phi) is 2.84. The molecule has 0 aliphatic carbocycles. The van der Waals surface area contributed by atoms with Crippen molar-refractivity contribution in [2.24, 2.45) is 0 Å². The van der Waals surface area contributed by atoms with Crippen LogP contribution in [-0.4, -0.2) is 22.0 Å². The number of ketones is 1. The van der Waals surface area contributed by atoms with Crippen LogP contribution in [0.3, 0.4) is 0 Å². The molecule has 4 nitrogen and oxygen atoms in total. The molecule has 3 aromatic rings. The van der Waals surface area contributed by atoms with Gasteiger partial charge < -0.3 is 0 Å². The molecule has 20 heavy (non-hydrogen) atoms. The summed E-state index contributed by atoms with van der Waals surface area (Å²) in [6.07, 6.45) is 3.61. The van der Waals surface area contributed by atoms with E-state index in [1.807, 2.05) is 6.07 Å². The maximum absolute atomic E-state index is 11.8. The smallest absolute Gasteiger partial charge is 0.226 e. The lowest BCUT2D eigenvalue weighted by molar-refractivity contribution is -0.104. The average molecular weight is 262 g/mol. The fourth-order valence-corrected chi connectivity index (χ4v) is 2.22. The standard InChI is InChI=1S/C16H10N2O2/c1-2-11-6-5-10-8-13(14(20)9-19)12-4-3-7-17-16(12)15(10)18-11/h2-9H,1H2. The summed E-state index contributed by atoms with van der Waals surface area (Å²) in [6, 6.07) is 8.82. The first kappa shape index (κ1) is 12.2. The SMILES string of the molecule is C=Cc1ccc2cc(C(=O)C=O)c3cccnc3c2n1. The monoisotopic (exact) mass is 262 g/mol. The van der Waals surface area contributed by atoms with Crippen LogP contribution in [-0.2, 0) is 4.79 Å². The Hall–Kier alpha value is -2.88. The van der Waals surface area contributed by atoms with Gasteiger partial charge in [0.15, 0.2) is 6.29 Å². The molecule has 0 radical (unpaired) electrons. The van der Waals surface area contributed by atoms with Crippen molar-refractivity contribution in [3.8, 4) is 0 Å². The molecular formula is C16H10N2O2. The Bertz CT molecular complexity index is 869. The number of fused-ring (bicyclic) bond motifs is 3. The van der Waals surface area contributed by atoms with Gasteiger partial charge in [-0.3, -0.25) is 14.6 Å². The summed E-state index contributed by atoms with van der Waals surface area (Å²) in [5.74, 6) is -0.558. The molecule has 0 saturated heterocycles. The van der Waals surface area contributed by atoms with Crippen molar-refractivity contribution in [1.29, 1.82) is 0 Å². The number of pyridine rings is 2. The molecule has 0 aliphatic rings. The van der Waals surface area contributed by atoms with Crippen LogP contribution in [0.25, 0.3) is 27.9 Å². The van der Waals surface area contributed by atoms with Gasteiger partial charge >= 0.3 is 0 Å². The minimum atomic E-state index is -0.558. The number of rotatable bonds is 3. The summed E-state index contributed by atoms with van der Waals surface area (Å²) < 4.78 is 0. The molecular weight excluding hydrogens is 252 g/mol. The van der Waals surface area contributed by atoms with Gasteiger partial charge in [-0.2, -0.15) is 0 Å². The molecule has 0 fully saturated rings. The maximum Gasteiger partial charge on any atom is 0.226 e. The van der Waals surface area contributed by atoms with E-state index in [1.54, 1.807) is 36.5 Å². The minimum Gasteiger partial charge on any atom is -0.294 e. The molecule has 0 N–H and O–H groups in total. The summed E-state index contributed by atoms with van der Waals surface area (Å²) in [4.78, 5) is 31.3. The quantitative estimate of drug-likeness (QED) is 0.315. The molecule has 2 aromatic heterocycles. The lowest BCUT2D eigenvalue weighted by atomic mass is 10.0. The number of carbonyl (C=O) groups is 2. The molecule has 96 valence electrons. The van der Waals surface area contributed by atoms with E-state index in [1.165, 1.54) is 0 Å². The predicted molar refractivity (Wildman–Crippen MR) is 77.5 cm³/mol. The Morgan fingerprint density at radius 2 is 2.05 bits per heavy atom. The average Bonchev–Trinajstić information content (AvgIpc) is 2.52. The fraction of sp³-hybridized carbons (Fsp3) is 0. The Labute approximate surface area is 114 Å². The van der Waals surface area contributed by atoms with Crippen molar-refractivity contribution in [2.45, 2.75) is 0 Å². The zero-order valence-electron chi connectivity index (χ0n) is 10.5. The third-order valence-corrected chi connectivity index (χ3v) is 3.15. The van der Waals surface area contributed by atoms with Gasteiger partial charge in [0.1, 0.15) is 0 Å². The third kappa shape index (κ3) is 1.78. The maximum atomic E-state index is 11.8. The molecule has 4 heteroatoms. The number of hydrogen-bond acceptors (Lipinski definition) is 4. The van der Waals surface area contributed by atoms with E-state index < -0.39 is 5.78 Å². The van der Waals surface area contributed by atoms with E-state index in [-0.39, 0.29) is 0 Å². The summed E-state index contributed by atoms with van der Waals surface area (Å²) in [6.45, 7) is 3.69. The van der Waals surface area contributed by atoms with Crippen LogP contribution in [0.15, 0.2) is 43.1 Å². The highest BCUT2D eigenvalue weighted by atomic mass is 16.2. The number of benzene rings is 1. The van der Waals surface area contributed by atoms with E-state index in [0.29, 0.717) is 28.3 Å². The second-order valence-corrected chi connectivity index (χ2v) is 4.32. The molecule has 0 amide bonds. The van der Waals surface area contributed by atoms with Gasteiger partial charge in [0.25, 0.3) is 0 Å². The van der Waals surface area contributed by atoms with Gasteiger partial charge in [-0.05, 0) is 24.3 Å². The lowest BCUT2D eigenvalue weighted by Crippen LogP contribution is -2.02. The van der Waals surface area contributed by atoms with Crippen LogP contribution in [0.4, 0.5) is 0 Å². The molecule has 3 rings (SSSR count). The zero-order valence-corrected chi connectivity index (χ0v) is 10.5. The molecule has 0 aliphatic heterocycles. The second kappa shape index (κ2) is 4.66. The van der Waals surface area contributed by atoms with Gasteiger partial charge in [0.2, 0.25) is 5.78 Å². The first-order valence-electron chi connectivity index (χ1n) is 6.05. The molecule has 0 spiro atoms.